The molecule has 1 aromatic carbocycles. The standard InChI is InChI=1S/C16H13N3O3/c17-15(21)14-13(10-4-2-1-3-5-10)11(6-8-18-14)19-9-7-12(20)16(19)22/h1-6,8H,7,9H2,(H2,17,21). The number of amides is 2. The summed E-state index contributed by atoms with van der Waals surface area (Å²) in [5.41, 5.74) is 7.15. The Labute approximate surface area is 126 Å². The van der Waals surface area contributed by atoms with Crippen LogP contribution in [-0.4, -0.2) is 29.1 Å². The van der Waals surface area contributed by atoms with Crippen LogP contribution in [0.1, 0.15) is 16.9 Å². The minimum absolute atomic E-state index is 0.0795. The van der Waals surface area contributed by atoms with Crippen LogP contribution >= 0.6 is 0 Å². The Morgan fingerprint density at radius 1 is 1.14 bits per heavy atom. The van der Waals surface area contributed by atoms with E-state index in [-0.39, 0.29) is 12.1 Å². The van der Waals surface area contributed by atoms with Gasteiger partial charge in [0, 0.05) is 24.7 Å². The predicted molar refractivity (Wildman–Crippen MR) is 80.2 cm³/mol. The number of hydrogen-bond acceptors (Lipinski definition) is 4. The van der Waals surface area contributed by atoms with Crippen LogP contribution in [0.4, 0.5) is 5.69 Å². The van der Waals surface area contributed by atoms with E-state index in [2.05, 4.69) is 4.98 Å². The summed E-state index contributed by atoms with van der Waals surface area (Å²) in [5.74, 6) is -1.69. The van der Waals surface area contributed by atoms with Gasteiger partial charge >= 0.3 is 0 Å². The highest BCUT2D eigenvalue weighted by Crippen LogP contribution is 2.34. The van der Waals surface area contributed by atoms with Crippen molar-refractivity contribution in [3.8, 4) is 11.1 Å². The summed E-state index contributed by atoms with van der Waals surface area (Å²) in [7, 11) is 0. The maximum Gasteiger partial charge on any atom is 0.294 e. The fourth-order valence-electron chi connectivity index (χ4n) is 2.55. The summed E-state index contributed by atoms with van der Waals surface area (Å²) in [6, 6.07) is 10.7. The molecule has 1 aromatic heterocycles. The summed E-state index contributed by atoms with van der Waals surface area (Å²) in [5, 5.41) is 0. The third kappa shape index (κ3) is 2.24. The minimum Gasteiger partial charge on any atom is -0.364 e. The van der Waals surface area contributed by atoms with Crippen LogP contribution in [0.15, 0.2) is 42.6 Å². The van der Waals surface area contributed by atoms with Crippen molar-refractivity contribution in [3.05, 3.63) is 48.3 Å². The number of benzene rings is 1. The number of aromatic nitrogens is 1. The Hall–Kier alpha value is -3.02. The molecule has 0 saturated carbocycles. The molecule has 0 spiro atoms. The SMILES string of the molecule is NC(=O)c1nccc(N2CCC(=O)C2=O)c1-c1ccccc1. The van der Waals surface area contributed by atoms with Crippen molar-refractivity contribution in [3.63, 3.8) is 0 Å². The van der Waals surface area contributed by atoms with Crippen molar-refractivity contribution < 1.29 is 14.4 Å². The van der Waals surface area contributed by atoms with E-state index in [1.165, 1.54) is 11.1 Å². The highest BCUT2D eigenvalue weighted by atomic mass is 16.2. The van der Waals surface area contributed by atoms with Crippen molar-refractivity contribution >= 4 is 23.3 Å². The first-order valence-corrected chi connectivity index (χ1v) is 6.78. The molecule has 6 heteroatoms. The highest BCUT2D eigenvalue weighted by molar-refractivity contribution is 6.44. The summed E-state index contributed by atoms with van der Waals surface area (Å²) in [6.07, 6.45) is 1.58. The van der Waals surface area contributed by atoms with E-state index in [1.54, 1.807) is 18.2 Å². The van der Waals surface area contributed by atoms with E-state index >= 15 is 0 Å². The zero-order chi connectivity index (χ0) is 15.7. The first-order chi connectivity index (χ1) is 10.6. The molecule has 2 amide bonds. The monoisotopic (exact) mass is 295 g/mol. The second kappa shape index (κ2) is 5.40. The first-order valence-electron chi connectivity index (χ1n) is 6.78. The molecule has 6 nitrogen and oxygen atoms in total. The topological polar surface area (TPSA) is 93.4 Å². The van der Waals surface area contributed by atoms with Gasteiger partial charge in [-0.1, -0.05) is 30.3 Å². The molecule has 22 heavy (non-hydrogen) atoms. The lowest BCUT2D eigenvalue weighted by Gasteiger charge is -2.20. The van der Waals surface area contributed by atoms with Gasteiger partial charge in [-0.05, 0) is 11.6 Å². The smallest absolute Gasteiger partial charge is 0.294 e. The normalized spacial score (nSPS) is 14.5. The van der Waals surface area contributed by atoms with Crippen molar-refractivity contribution in [2.24, 2.45) is 5.73 Å². The minimum atomic E-state index is -0.682. The molecule has 0 bridgehead atoms. The number of Topliss-reactive ketones (excluding diaryl/α,β-unsaturated/α-hetero) is 1. The van der Waals surface area contributed by atoms with Crippen LogP contribution < -0.4 is 10.6 Å². The van der Waals surface area contributed by atoms with Crippen LogP contribution in [0.3, 0.4) is 0 Å². The van der Waals surface area contributed by atoms with E-state index in [0.29, 0.717) is 23.4 Å². The lowest BCUT2D eigenvalue weighted by Crippen LogP contribution is -2.28. The number of ketones is 1. The molecule has 1 saturated heterocycles. The first kappa shape index (κ1) is 13.9. The Kier molecular flexibility index (Phi) is 3.42. The number of nitrogens with zero attached hydrogens (tertiary/aromatic N) is 2. The van der Waals surface area contributed by atoms with Crippen molar-refractivity contribution in [1.82, 2.24) is 4.98 Å². The van der Waals surface area contributed by atoms with Gasteiger partial charge in [-0.3, -0.25) is 19.4 Å². The van der Waals surface area contributed by atoms with Gasteiger partial charge in [-0.2, -0.15) is 0 Å². The van der Waals surface area contributed by atoms with Crippen LogP contribution in [-0.2, 0) is 9.59 Å². The molecule has 1 fully saturated rings. The van der Waals surface area contributed by atoms with Crippen LogP contribution in [0.5, 0.6) is 0 Å². The summed E-state index contributed by atoms with van der Waals surface area (Å²) < 4.78 is 0. The molecule has 2 aromatic rings. The number of rotatable bonds is 3. The second-order valence-corrected chi connectivity index (χ2v) is 4.91. The van der Waals surface area contributed by atoms with Gasteiger partial charge in [0.25, 0.3) is 11.8 Å². The van der Waals surface area contributed by atoms with Gasteiger partial charge in [0.05, 0.1) is 5.69 Å². The molecule has 110 valence electrons. The van der Waals surface area contributed by atoms with Gasteiger partial charge in [0.15, 0.2) is 0 Å². The molecule has 0 unspecified atom stereocenters. The molecule has 0 aliphatic carbocycles. The molecular weight excluding hydrogens is 282 g/mol. The van der Waals surface area contributed by atoms with Crippen molar-refractivity contribution in [1.29, 1.82) is 0 Å². The number of primary amides is 1. The average Bonchev–Trinajstić information content (AvgIpc) is 2.87. The van der Waals surface area contributed by atoms with Crippen LogP contribution in [0.2, 0.25) is 0 Å². The van der Waals surface area contributed by atoms with Crippen LogP contribution in [0.25, 0.3) is 11.1 Å². The van der Waals surface area contributed by atoms with Gasteiger partial charge in [-0.15, -0.1) is 0 Å². The lowest BCUT2D eigenvalue weighted by molar-refractivity contribution is -0.133. The fraction of sp³-hybridized carbons (Fsp3) is 0.125. The van der Waals surface area contributed by atoms with E-state index in [0.717, 1.165) is 0 Å². The number of pyridine rings is 1. The Balaban J connectivity index is 2.23. The summed E-state index contributed by atoms with van der Waals surface area (Å²) in [4.78, 5) is 40.6. The molecule has 0 atom stereocenters. The number of hydrogen-bond donors (Lipinski definition) is 1. The van der Waals surface area contributed by atoms with E-state index in [4.69, 9.17) is 5.73 Å². The van der Waals surface area contributed by atoms with Gasteiger partial charge in [-0.25, -0.2) is 0 Å². The fourth-order valence-corrected chi connectivity index (χ4v) is 2.55. The number of carbonyl (C=O) groups excluding carboxylic acids is 3. The molecular formula is C16H13N3O3. The second-order valence-electron chi connectivity index (χ2n) is 4.91. The molecule has 1 aliphatic rings. The zero-order valence-electron chi connectivity index (χ0n) is 11.7. The number of carbonyl (C=O) groups is 3. The van der Waals surface area contributed by atoms with Gasteiger partial charge < -0.3 is 10.6 Å². The Morgan fingerprint density at radius 2 is 1.86 bits per heavy atom. The van der Waals surface area contributed by atoms with Gasteiger partial charge in [0.2, 0.25) is 5.78 Å². The van der Waals surface area contributed by atoms with Gasteiger partial charge in [0.1, 0.15) is 5.69 Å². The predicted octanol–water partition coefficient (Wildman–Crippen LogP) is 1.15. The van der Waals surface area contributed by atoms with Crippen molar-refractivity contribution in [2.45, 2.75) is 6.42 Å². The highest BCUT2D eigenvalue weighted by Gasteiger charge is 2.33. The molecule has 3 rings (SSSR count). The third-order valence-electron chi connectivity index (χ3n) is 3.56. The molecule has 1 aliphatic heterocycles. The molecule has 2 heterocycles. The quantitative estimate of drug-likeness (QED) is 0.860. The molecule has 0 radical (unpaired) electrons. The summed E-state index contributed by atoms with van der Waals surface area (Å²) in [6.45, 7) is 0.291. The number of nitrogens with two attached hydrogens (primary N) is 1. The Morgan fingerprint density at radius 3 is 2.45 bits per heavy atom. The van der Waals surface area contributed by atoms with E-state index in [1.807, 2.05) is 18.2 Å². The van der Waals surface area contributed by atoms with E-state index < -0.39 is 17.6 Å². The molecule has 2 N–H and O–H groups in total. The summed E-state index contributed by atoms with van der Waals surface area (Å²) >= 11 is 0. The number of anilines is 1. The lowest BCUT2D eigenvalue weighted by atomic mass is 10.0. The van der Waals surface area contributed by atoms with E-state index in [9.17, 15) is 14.4 Å². The zero-order valence-corrected chi connectivity index (χ0v) is 11.7. The average molecular weight is 295 g/mol. The largest absolute Gasteiger partial charge is 0.364 e. The van der Waals surface area contributed by atoms with Crippen molar-refractivity contribution in [2.75, 3.05) is 11.4 Å². The Bertz CT molecular complexity index is 771. The maximum absolute atomic E-state index is 12.0. The maximum atomic E-state index is 12.0. The van der Waals surface area contributed by atoms with Crippen LogP contribution in [0, 0.1) is 0 Å². The third-order valence-corrected chi connectivity index (χ3v) is 3.56.